The van der Waals surface area contributed by atoms with Gasteiger partial charge in [0.25, 0.3) is 0 Å². The SMILES string of the molecule is Cc1ccc(Cn2c3cc(C(C)C)ccc3c3c(C(N)=O)cccc32)c(C)c1. The summed E-state index contributed by atoms with van der Waals surface area (Å²) in [6.07, 6.45) is 0. The summed E-state index contributed by atoms with van der Waals surface area (Å²) in [7, 11) is 0. The van der Waals surface area contributed by atoms with Crippen LogP contribution >= 0.6 is 0 Å². The van der Waals surface area contributed by atoms with Crippen molar-refractivity contribution in [2.24, 2.45) is 5.73 Å². The second-order valence-electron chi connectivity index (χ2n) is 8.01. The first-order chi connectivity index (χ1) is 13.4. The maximum absolute atomic E-state index is 12.1. The van der Waals surface area contributed by atoms with Crippen molar-refractivity contribution in [1.29, 1.82) is 0 Å². The number of benzene rings is 3. The first-order valence-electron chi connectivity index (χ1n) is 9.77. The Morgan fingerprint density at radius 2 is 1.79 bits per heavy atom. The van der Waals surface area contributed by atoms with Gasteiger partial charge in [-0.25, -0.2) is 0 Å². The van der Waals surface area contributed by atoms with E-state index < -0.39 is 0 Å². The van der Waals surface area contributed by atoms with E-state index in [4.69, 9.17) is 5.73 Å². The second-order valence-corrected chi connectivity index (χ2v) is 8.01. The predicted molar refractivity (Wildman–Crippen MR) is 117 cm³/mol. The van der Waals surface area contributed by atoms with Crippen molar-refractivity contribution in [2.75, 3.05) is 0 Å². The number of amides is 1. The van der Waals surface area contributed by atoms with Gasteiger partial charge in [-0.1, -0.05) is 55.8 Å². The number of aryl methyl sites for hydroxylation is 2. The van der Waals surface area contributed by atoms with Crippen LogP contribution in [0, 0.1) is 13.8 Å². The number of carbonyl (C=O) groups is 1. The minimum atomic E-state index is -0.385. The number of fused-ring (bicyclic) bond motifs is 3. The molecule has 4 aromatic rings. The minimum Gasteiger partial charge on any atom is -0.366 e. The molecule has 0 saturated carbocycles. The fraction of sp³-hybridized carbons (Fsp3) is 0.240. The summed E-state index contributed by atoms with van der Waals surface area (Å²) < 4.78 is 2.32. The van der Waals surface area contributed by atoms with Crippen molar-refractivity contribution in [3.63, 3.8) is 0 Å². The molecule has 3 nitrogen and oxygen atoms in total. The lowest BCUT2D eigenvalue weighted by atomic mass is 10.00. The predicted octanol–water partition coefficient (Wildman–Crippen LogP) is 5.68. The van der Waals surface area contributed by atoms with Crippen molar-refractivity contribution >= 4 is 27.7 Å². The second kappa shape index (κ2) is 6.83. The molecule has 3 heteroatoms. The highest BCUT2D eigenvalue weighted by molar-refractivity contribution is 6.18. The Morgan fingerprint density at radius 1 is 1.00 bits per heavy atom. The van der Waals surface area contributed by atoms with Gasteiger partial charge in [0.05, 0.1) is 5.52 Å². The quantitative estimate of drug-likeness (QED) is 0.493. The van der Waals surface area contributed by atoms with Gasteiger partial charge in [0, 0.05) is 28.4 Å². The molecule has 0 fully saturated rings. The zero-order chi connectivity index (χ0) is 20.0. The molecular formula is C25H26N2O. The van der Waals surface area contributed by atoms with Gasteiger partial charge in [-0.15, -0.1) is 0 Å². The van der Waals surface area contributed by atoms with Crippen molar-refractivity contribution in [3.05, 3.63) is 82.4 Å². The van der Waals surface area contributed by atoms with E-state index >= 15 is 0 Å². The molecule has 0 bridgehead atoms. The zero-order valence-corrected chi connectivity index (χ0v) is 16.9. The lowest BCUT2D eigenvalue weighted by Crippen LogP contribution is -2.11. The highest BCUT2D eigenvalue weighted by Crippen LogP contribution is 2.34. The molecule has 0 unspecified atom stereocenters. The van der Waals surface area contributed by atoms with Crippen molar-refractivity contribution < 1.29 is 4.79 Å². The van der Waals surface area contributed by atoms with Crippen LogP contribution in [0.15, 0.2) is 54.6 Å². The van der Waals surface area contributed by atoms with Crippen LogP contribution < -0.4 is 5.73 Å². The average Bonchev–Trinajstić information content (AvgIpc) is 2.97. The Labute approximate surface area is 165 Å². The van der Waals surface area contributed by atoms with Gasteiger partial charge in [0.2, 0.25) is 5.91 Å². The third kappa shape index (κ3) is 2.97. The van der Waals surface area contributed by atoms with Crippen LogP contribution in [0.25, 0.3) is 21.8 Å². The number of hydrogen-bond acceptors (Lipinski definition) is 1. The molecule has 0 radical (unpaired) electrons. The molecule has 4 rings (SSSR count). The van der Waals surface area contributed by atoms with Crippen molar-refractivity contribution in [2.45, 2.75) is 40.2 Å². The van der Waals surface area contributed by atoms with Crippen LogP contribution in [0.4, 0.5) is 0 Å². The smallest absolute Gasteiger partial charge is 0.249 e. The first-order valence-corrected chi connectivity index (χ1v) is 9.77. The third-order valence-corrected chi connectivity index (χ3v) is 5.67. The standard InChI is InChI=1S/C25H26N2O/c1-15(2)18-10-11-20-23(13-18)27(14-19-9-8-16(3)12-17(19)4)22-7-5-6-21(24(20)22)25(26)28/h5-13,15H,14H2,1-4H3,(H2,26,28). The van der Waals surface area contributed by atoms with Crippen molar-refractivity contribution in [1.82, 2.24) is 4.57 Å². The van der Waals surface area contributed by atoms with Crippen LogP contribution in [0.1, 0.15) is 52.4 Å². The van der Waals surface area contributed by atoms with Crippen LogP contribution in [-0.2, 0) is 6.54 Å². The van der Waals surface area contributed by atoms with Gasteiger partial charge in [0.15, 0.2) is 0 Å². The maximum atomic E-state index is 12.1. The molecule has 0 aliphatic heterocycles. The largest absolute Gasteiger partial charge is 0.366 e. The Hall–Kier alpha value is -3.07. The normalized spacial score (nSPS) is 11.6. The Morgan fingerprint density at radius 3 is 2.46 bits per heavy atom. The van der Waals surface area contributed by atoms with Crippen molar-refractivity contribution in [3.8, 4) is 0 Å². The number of rotatable bonds is 4. The Kier molecular flexibility index (Phi) is 4.46. The first kappa shape index (κ1) is 18.3. The van der Waals surface area contributed by atoms with Crippen LogP contribution in [0.3, 0.4) is 0 Å². The molecule has 0 aliphatic rings. The van der Waals surface area contributed by atoms with Gasteiger partial charge in [0.1, 0.15) is 0 Å². The molecule has 1 amide bonds. The van der Waals surface area contributed by atoms with Crippen LogP contribution in [0.5, 0.6) is 0 Å². The highest BCUT2D eigenvalue weighted by Gasteiger charge is 2.17. The summed E-state index contributed by atoms with van der Waals surface area (Å²) in [5, 5.41) is 2.03. The Balaban J connectivity index is 2.05. The lowest BCUT2D eigenvalue weighted by molar-refractivity contribution is 0.100. The topological polar surface area (TPSA) is 48.0 Å². The highest BCUT2D eigenvalue weighted by atomic mass is 16.1. The molecule has 1 heterocycles. The molecule has 0 aliphatic carbocycles. The molecule has 2 N–H and O–H groups in total. The molecule has 28 heavy (non-hydrogen) atoms. The number of nitrogens with zero attached hydrogens (tertiary/aromatic N) is 1. The minimum absolute atomic E-state index is 0.385. The van der Waals surface area contributed by atoms with E-state index in [2.05, 4.69) is 74.7 Å². The third-order valence-electron chi connectivity index (χ3n) is 5.67. The van der Waals surface area contributed by atoms with E-state index in [0.717, 1.165) is 28.4 Å². The summed E-state index contributed by atoms with van der Waals surface area (Å²) in [4.78, 5) is 12.1. The molecular weight excluding hydrogens is 344 g/mol. The monoisotopic (exact) mass is 370 g/mol. The molecule has 0 atom stereocenters. The number of nitrogens with two attached hydrogens (primary N) is 1. The van der Waals surface area contributed by atoms with Gasteiger partial charge in [-0.05, 0) is 54.7 Å². The zero-order valence-electron chi connectivity index (χ0n) is 16.9. The average molecular weight is 370 g/mol. The maximum Gasteiger partial charge on any atom is 0.249 e. The Bertz CT molecular complexity index is 1210. The van der Waals surface area contributed by atoms with Gasteiger partial charge in [-0.3, -0.25) is 4.79 Å². The summed E-state index contributed by atoms with van der Waals surface area (Å²) in [6.45, 7) is 9.44. The van der Waals surface area contributed by atoms with E-state index in [0.29, 0.717) is 11.5 Å². The fourth-order valence-electron chi connectivity index (χ4n) is 4.09. The number of aromatic nitrogens is 1. The molecule has 1 aromatic heterocycles. The summed E-state index contributed by atoms with van der Waals surface area (Å²) in [6, 6.07) is 19.0. The fourth-order valence-corrected chi connectivity index (χ4v) is 4.09. The molecule has 3 aromatic carbocycles. The van der Waals surface area contributed by atoms with Gasteiger partial charge < -0.3 is 10.3 Å². The summed E-state index contributed by atoms with van der Waals surface area (Å²) in [5.74, 6) is 0.0525. The lowest BCUT2D eigenvalue weighted by Gasteiger charge is -2.12. The van der Waals surface area contributed by atoms with E-state index in [1.807, 2.05) is 12.1 Å². The van der Waals surface area contributed by atoms with E-state index in [1.165, 1.54) is 22.3 Å². The molecule has 0 saturated heterocycles. The van der Waals surface area contributed by atoms with Gasteiger partial charge in [-0.2, -0.15) is 0 Å². The molecule has 0 spiro atoms. The van der Waals surface area contributed by atoms with Crippen LogP contribution in [0.2, 0.25) is 0 Å². The van der Waals surface area contributed by atoms with E-state index in [9.17, 15) is 4.79 Å². The van der Waals surface area contributed by atoms with Gasteiger partial charge >= 0.3 is 0 Å². The number of primary amides is 1. The summed E-state index contributed by atoms with van der Waals surface area (Å²) >= 11 is 0. The van der Waals surface area contributed by atoms with Crippen LogP contribution in [-0.4, -0.2) is 10.5 Å². The van der Waals surface area contributed by atoms with E-state index in [1.54, 1.807) is 0 Å². The summed E-state index contributed by atoms with van der Waals surface area (Å²) in [5.41, 5.74) is 13.6. The number of carbonyl (C=O) groups excluding carboxylic acids is 1. The number of hydrogen-bond donors (Lipinski definition) is 1. The van der Waals surface area contributed by atoms with E-state index in [-0.39, 0.29) is 5.91 Å². The molecule has 142 valence electrons.